The molecular weight excluding hydrogens is 406 g/mol. The predicted molar refractivity (Wildman–Crippen MR) is 112 cm³/mol. The highest BCUT2D eigenvalue weighted by Crippen LogP contribution is 2.27. The molecule has 0 aromatic heterocycles. The molecule has 8 heteroatoms. The van der Waals surface area contributed by atoms with Crippen LogP contribution >= 0.6 is 11.6 Å². The molecule has 154 valence electrons. The number of halogens is 1. The molecule has 1 N–H and O–H groups in total. The molecular formula is C22H20ClN3O4. The molecule has 2 heterocycles. The highest BCUT2D eigenvalue weighted by atomic mass is 35.5. The van der Waals surface area contributed by atoms with Gasteiger partial charge in [-0.2, -0.15) is 0 Å². The van der Waals surface area contributed by atoms with Crippen LogP contribution in [0, 0.1) is 0 Å². The van der Waals surface area contributed by atoms with Crippen molar-refractivity contribution in [3.05, 3.63) is 76.5 Å². The zero-order valence-corrected chi connectivity index (χ0v) is 16.9. The van der Waals surface area contributed by atoms with Crippen LogP contribution in [0.3, 0.4) is 0 Å². The lowest BCUT2D eigenvalue weighted by Crippen LogP contribution is -2.40. The first-order chi connectivity index (χ1) is 14.5. The minimum Gasteiger partial charge on any atom is -0.378 e. The molecule has 4 rings (SSSR count). The summed E-state index contributed by atoms with van der Waals surface area (Å²) in [5, 5.41) is 2.77. The van der Waals surface area contributed by atoms with E-state index < -0.39 is 11.8 Å². The lowest BCUT2D eigenvalue weighted by molar-refractivity contribution is -0.138. The summed E-state index contributed by atoms with van der Waals surface area (Å²) in [5.41, 5.74) is 1.96. The largest absolute Gasteiger partial charge is 0.378 e. The number of amides is 3. The zero-order chi connectivity index (χ0) is 21.1. The summed E-state index contributed by atoms with van der Waals surface area (Å²) < 4.78 is 5.27. The predicted octanol–water partition coefficient (Wildman–Crippen LogP) is 2.59. The standard InChI is InChI=1S/C22H20ClN3O4/c23-18-19(22(29)26(21(18)28)14-15-4-2-1-3-5-15)24-17-8-6-16(7-9-17)20(27)25-10-12-30-13-11-25/h1-9,24H,10-14H2. The summed E-state index contributed by atoms with van der Waals surface area (Å²) in [5.74, 6) is -1.09. The maximum Gasteiger partial charge on any atom is 0.279 e. The molecule has 0 spiro atoms. The third-order valence-electron chi connectivity index (χ3n) is 4.99. The van der Waals surface area contributed by atoms with Gasteiger partial charge in [0, 0.05) is 24.3 Å². The summed E-state index contributed by atoms with van der Waals surface area (Å²) in [6, 6.07) is 15.9. The molecule has 0 radical (unpaired) electrons. The Labute approximate surface area is 178 Å². The minimum absolute atomic E-state index is 0.0323. The van der Waals surface area contributed by atoms with E-state index in [4.69, 9.17) is 16.3 Å². The van der Waals surface area contributed by atoms with E-state index in [9.17, 15) is 14.4 Å². The number of rotatable bonds is 5. The van der Waals surface area contributed by atoms with Gasteiger partial charge in [-0.1, -0.05) is 41.9 Å². The Balaban J connectivity index is 1.45. The van der Waals surface area contributed by atoms with Crippen molar-refractivity contribution >= 4 is 35.0 Å². The van der Waals surface area contributed by atoms with Gasteiger partial charge in [-0.05, 0) is 29.8 Å². The summed E-state index contributed by atoms with van der Waals surface area (Å²) in [4.78, 5) is 40.6. The molecule has 2 aromatic rings. The van der Waals surface area contributed by atoms with Crippen molar-refractivity contribution in [2.24, 2.45) is 0 Å². The number of benzene rings is 2. The molecule has 0 unspecified atom stereocenters. The van der Waals surface area contributed by atoms with Crippen LogP contribution in [0.2, 0.25) is 0 Å². The quantitative estimate of drug-likeness (QED) is 0.745. The molecule has 0 atom stereocenters. The molecule has 1 fully saturated rings. The van der Waals surface area contributed by atoms with Crippen LogP contribution in [0.15, 0.2) is 65.3 Å². The van der Waals surface area contributed by atoms with Gasteiger partial charge in [-0.3, -0.25) is 19.3 Å². The van der Waals surface area contributed by atoms with Gasteiger partial charge in [0.1, 0.15) is 10.7 Å². The van der Waals surface area contributed by atoms with Crippen LogP contribution in [-0.2, 0) is 20.9 Å². The highest BCUT2D eigenvalue weighted by Gasteiger charge is 2.37. The SMILES string of the molecule is O=C(c1ccc(NC2=C(Cl)C(=O)N(Cc3ccccc3)C2=O)cc1)N1CCOCC1. The molecule has 1 saturated heterocycles. The highest BCUT2D eigenvalue weighted by molar-refractivity contribution is 6.48. The van der Waals surface area contributed by atoms with Crippen molar-refractivity contribution in [3.8, 4) is 0 Å². The molecule has 2 aliphatic heterocycles. The summed E-state index contributed by atoms with van der Waals surface area (Å²) in [6.07, 6.45) is 0. The fraction of sp³-hybridized carbons (Fsp3) is 0.227. The molecule has 0 bridgehead atoms. The van der Waals surface area contributed by atoms with Crippen molar-refractivity contribution in [1.82, 2.24) is 9.80 Å². The number of anilines is 1. The Morgan fingerprint density at radius 2 is 1.63 bits per heavy atom. The second kappa shape index (κ2) is 8.69. The molecule has 30 heavy (non-hydrogen) atoms. The van der Waals surface area contributed by atoms with E-state index in [0.717, 1.165) is 10.5 Å². The third-order valence-corrected chi connectivity index (χ3v) is 5.35. The van der Waals surface area contributed by atoms with Crippen molar-refractivity contribution in [2.75, 3.05) is 31.6 Å². The maximum absolute atomic E-state index is 12.7. The van der Waals surface area contributed by atoms with Crippen molar-refractivity contribution < 1.29 is 19.1 Å². The Kier molecular flexibility index (Phi) is 5.83. The van der Waals surface area contributed by atoms with E-state index in [-0.39, 0.29) is 23.2 Å². The number of morpholine rings is 1. The molecule has 0 aliphatic carbocycles. The monoisotopic (exact) mass is 425 g/mol. The second-order valence-electron chi connectivity index (χ2n) is 6.98. The second-order valence-corrected chi connectivity index (χ2v) is 7.36. The van der Waals surface area contributed by atoms with Gasteiger partial charge >= 0.3 is 0 Å². The Hall–Kier alpha value is -3.16. The zero-order valence-electron chi connectivity index (χ0n) is 16.1. The Bertz CT molecular complexity index is 999. The molecule has 2 aliphatic rings. The lowest BCUT2D eigenvalue weighted by atomic mass is 10.1. The summed E-state index contributed by atoms with van der Waals surface area (Å²) in [6.45, 7) is 2.35. The van der Waals surface area contributed by atoms with Gasteiger partial charge in [0.05, 0.1) is 19.8 Å². The van der Waals surface area contributed by atoms with E-state index in [1.165, 1.54) is 0 Å². The van der Waals surface area contributed by atoms with Crippen LogP contribution in [0.4, 0.5) is 5.69 Å². The van der Waals surface area contributed by atoms with Crippen molar-refractivity contribution in [1.29, 1.82) is 0 Å². The van der Waals surface area contributed by atoms with Gasteiger partial charge in [-0.25, -0.2) is 0 Å². The lowest BCUT2D eigenvalue weighted by Gasteiger charge is -2.26. The van der Waals surface area contributed by atoms with Gasteiger partial charge in [0.2, 0.25) is 0 Å². The van der Waals surface area contributed by atoms with E-state index in [1.54, 1.807) is 29.2 Å². The number of hydrogen-bond donors (Lipinski definition) is 1. The number of nitrogens with one attached hydrogen (secondary N) is 1. The number of ether oxygens (including phenoxy) is 1. The number of carbonyl (C=O) groups excluding carboxylic acids is 3. The summed E-state index contributed by atoms with van der Waals surface area (Å²) >= 11 is 6.15. The first kappa shape index (κ1) is 20.1. The first-order valence-electron chi connectivity index (χ1n) is 9.58. The maximum atomic E-state index is 12.7. The number of hydrogen-bond acceptors (Lipinski definition) is 5. The van der Waals surface area contributed by atoms with E-state index in [1.807, 2.05) is 30.3 Å². The molecule has 3 amide bonds. The van der Waals surface area contributed by atoms with Crippen LogP contribution in [0.25, 0.3) is 0 Å². The molecule has 0 saturated carbocycles. The van der Waals surface area contributed by atoms with Crippen LogP contribution in [0.5, 0.6) is 0 Å². The Morgan fingerprint density at radius 1 is 0.967 bits per heavy atom. The van der Waals surface area contributed by atoms with E-state index >= 15 is 0 Å². The average molecular weight is 426 g/mol. The normalized spacial score (nSPS) is 17.0. The fourth-order valence-corrected chi connectivity index (χ4v) is 3.58. The average Bonchev–Trinajstić information content (AvgIpc) is 2.99. The number of carbonyl (C=O) groups is 3. The smallest absolute Gasteiger partial charge is 0.279 e. The minimum atomic E-state index is -0.535. The van der Waals surface area contributed by atoms with Gasteiger partial charge in [-0.15, -0.1) is 0 Å². The van der Waals surface area contributed by atoms with Crippen molar-refractivity contribution in [2.45, 2.75) is 6.54 Å². The molecule has 7 nitrogen and oxygen atoms in total. The van der Waals surface area contributed by atoms with E-state index in [2.05, 4.69) is 5.32 Å². The summed E-state index contributed by atoms with van der Waals surface area (Å²) in [7, 11) is 0. The van der Waals surface area contributed by atoms with Crippen LogP contribution < -0.4 is 5.32 Å². The topological polar surface area (TPSA) is 79.0 Å². The van der Waals surface area contributed by atoms with Gasteiger partial charge in [0.25, 0.3) is 17.7 Å². The Morgan fingerprint density at radius 3 is 2.30 bits per heavy atom. The van der Waals surface area contributed by atoms with E-state index in [0.29, 0.717) is 37.6 Å². The van der Waals surface area contributed by atoms with Gasteiger partial charge < -0.3 is 15.0 Å². The van der Waals surface area contributed by atoms with Crippen molar-refractivity contribution in [3.63, 3.8) is 0 Å². The number of imide groups is 1. The third kappa shape index (κ3) is 4.08. The first-order valence-corrected chi connectivity index (χ1v) is 9.96. The van der Waals surface area contributed by atoms with Crippen LogP contribution in [0.1, 0.15) is 15.9 Å². The fourth-order valence-electron chi connectivity index (χ4n) is 3.35. The molecule has 2 aromatic carbocycles. The van der Waals surface area contributed by atoms with Gasteiger partial charge in [0.15, 0.2) is 0 Å². The number of nitrogens with zero attached hydrogens (tertiary/aromatic N) is 2. The van der Waals surface area contributed by atoms with Crippen LogP contribution in [-0.4, -0.2) is 53.8 Å².